The summed E-state index contributed by atoms with van der Waals surface area (Å²) >= 11 is 5.86. The molecule has 0 unspecified atom stereocenters. The Kier molecular flexibility index (Phi) is 4.54. The van der Waals surface area contributed by atoms with E-state index in [1.165, 1.54) is 0 Å². The van der Waals surface area contributed by atoms with E-state index in [-0.39, 0.29) is 11.4 Å². The molecule has 1 rings (SSSR count). The number of hydrogen-bond donors (Lipinski definition) is 1. The van der Waals surface area contributed by atoms with Gasteiger partial charge in [-0.25, -0.2) is 0 Å². The topological polar surface area (TPSA) is 32.3 Å². The summed E-state index contributed by atoms with van der Waals surface area (Å²) < 4.78 is 0. The van der Waals surface area contributed by atoms with Gasteiger partial charge in [0.1, 0.15) is 0 Å². The molecule has 0 aliphatic heterocycles. The summed E-state index contributed by atoms with van der Waals surface area (Å²) in [5.74, 6) is -0.0978. The molecule has 4 heteroatoms. The Morgan fingerprint density at radius 2 is 2.06 bits per heavy atom. The van der Waals surface area contributed by atoms with Crippen molar-refractivity contribution < 1.29 is 4.79 Å². The van der Waals surface area contributed by atoms with Crippen LogP contribution in [0.25, 0.3) is 0 Å². The highest BCUT2D eigenvalue weighted by Crippen LogP contribution is 2.12. The lowest BCUT2D eigenvalue weighted by Crippen LogP contribution is -2.49. The number of carbonyl (C=O) groups excluding carboxylic acids is 1. The number of nitrogens with one attached hydrogen (secondary N) is 1. The first-order valence-corrected chi connectivity index (χ1v) is 5.91. The number of halogens is 1. The summed E-state index contributed by atoms with van der Waals surface area (Å²) in [5.41, 5.74) is 0.312. The van der Waals surface area contributed by atoms with Crippen molar-refractivity contribution in [1.29, 1.82) is 0 Å². The first-order valence-electron chi connectivity index (χ1n) is 5.53. The molecule has 0 aromatic heterocycles. The Morgan fingerprint density at radius 3 is 2.59 bits per heavy atom. The van der Waals surface area contributed by atoms with E-state index in [0.717, 1.165) is 6.54 Å². The van der Waals surface area contributed by atoms with Crippen LogP contribution in [0.3, 0.4) is 0 Å². The maximum absolute atomic E-state index is 12.0. The average Bonchev–Trinajstić information content (AvgIpc) is 2.14. The van der Waals surface area contributed by atoms with Crippen molar-refractivity contribution in [3.05, 3.63) is 34.9 Å². The zero-order valence-corrected chi connectivity index (χ0v) is 11.5. The molecule has 0 radical (unpaired) electrons. The number of hydrogen-bond acceptors (Lipinski definition) is 2. The van der Waals surface area contributed by atoms with E-state index in [4.69, 9.17) is 11.6 Å². The van der Waals surface area contributed by atoms with Crippen LogP contribution in [0.15, 0.2) is 24.3 Å². The number of carbonyl (C=O) groups is 1. The van der Waals surface area contributed by atoms with Gasteiger partial charge in [-0.15, -0.1) is 0 Å². The second-order valence-corrected chi connectivity index (χ2v) is 5.52. The highest BCUT2D eigenvalue weighted by molar-refractivity contribution is 6.30. The lowest BCUT2D eigenvalue weighted by atomic mass is 10.0. The summed E-state index contributed by atoms with van der Waals surface area (Å²) in [6.07, 6.45) is 0. The number of benzene rings is 1. The molecule has 1 aromatic carbocycles. The molecule has 0 fully saturated rings. The Bertz CT molecular complexity index is 402. The van der Waals surface area contributed by atoms with Crippen LogP contribution in [0, 0.1) is 0 Å². The largest absolute Gasteiger partial charge is 0.346 e. The van der Waals surface area contributed by atoms with Crippen LogP contribution in [-0.2, 0) is 0 Å². The van der Waals surface area contributed by atoms with E-state index in [1.807, 2.05) is 32.8 Å². The number of nitrogens with zero attached hydrogens (tertiary/aromatic N) is 1. The van der Waals surface area contributed by atoms with Crippen LogP contribution in [0.4, 0.5) is 0 Å². The molecule has 0 aliphatic rings. The molecule has 1 N–H and O–H groups in total. The fraction of sp³-hybridized carbons (Fsp3) is 0.462. The molecule has 94 valence electrons. The number of likely N-dealkylation sites (N-methyl/N-ethyl adjacent to an activating group) is 1. The maximum Gasteiger partial charge on any atom is 0.251 e. The van der Waals surface area contributed by atoms with Gasteiger partial charge in [0.05, 0.1) is 0 Å². The Morgan fingerprint density at radius 1 is 1.41 bits per heavy atom. The van der Waals surface area contributed by atoms with Crippen LogP contribution in [0.5, 0.6) is 0 Å². The molecular formula is C13H19ClN2O. The molecule has 1 aromatic rings. The van der Waals surface area contributed by atoms with Crippen molar-refractivity contribution in [3.8, 4) is 0 Å². The monoisotopic (exact) mass is 254 g/mol. The molecular weight excluding hydrogens is 236 g/mol. The first-order chi connectivity index (χ1) is 7.80. The van der Waals surface area contributed by atoms with Crippen molar-refractivity contribution in [2.24, 2.45) is 0 Å². The van der Waals surface area contributed by atoms with E-state index in [9.17, 15) is 4.79 Å². The SMILES string of the molecule is CN(C)CC(C)(C)NC(=O)c1cccc(Cl)c1. The summed E-state index contributed by atoms with van der Waals surface area (Å²) in [7, 11) is 3.96. The fourth-order valence-electron chi connectivity index (χ4n) is 1.84. The molecule has 0 saturated heterocycles. The van der Waals surface area contributed by atoms with Gasteiger partial charge in [-0.05, 0) is 46.1 Å². The Hall–Kier alpha value is -1.06. The average molecular weight is 255 g/mol. The Labute approximate surface area is 108 Å². The third-order valence-electron chi connectivity index (χ3n) is 2.25. The zero-order valence-electron chi connectivity index (χ0n) is 10.7. The molecule has 3 nitrogen and oxygen atoms in total. The second-order valence-electron chi connectivity index (χ2n) is 5.09. The van der Waals surface area contributed by atoms with Gasteiger partial charge in [-0.1, -0.05) is 17.7 Å². The van der Waals surface area contributed by atoms with Crippen LogP contribution in [0.2, 0.25) is 5.02 Å². The minimum absolute atomic E-state index is 0.0978. The lowest BCUT2D eigenvalue weighted by Gasteiger charge is -2.29. The molecule has 1 amide bonds. The van der Waals surface area contributed by atoms with Crippen molar-refractivity contribution in [2.45, 2.75) is 19.4 Å². The van der Waals surface area contributed by atoms with Crippen LogP contribution in [-0.4, -0.2) is 37.0 Å². The zero-order chi connectivity index (χ0) is 13.1. The lowest BCUT2D eigenvalue weighted by molar-refractivity contribution is 0.0899. The molecule has 0 saturated carbocycles. The standard InChI is InChI=1S/C13H19ClN2O/c1-13(2,9-16(3)4)15-12(17)10-6-5-7-11(14)8-10/h5-8H,9H2,1-4H3,(H,15,17). The third-order valence-corrected chi connectivity index (χ3v) is 2.49. The van der Waals surface area contributed by atoms with Crippen molar-refractivity contribution in [2.75, 3.05) is 20.6 Å². The third kappa shape index (κ3) is 4.75. The summed E-state index contributed by atoms with van der Waals surface area (Å²) in [6, 6.07) is 6.95. The molecule has 0 atom stereocenters. The van der Waals surface area contributed by atoms with Gasteiger partial charge in [0.2, 0.25) is 0 Å². The maximum atomic E-state index is 12.0. The predicted molar refractivity (Wildman–Crippen MR) is 71.6 cm³/mol. The number of rotatable bonds is 4. The first kappa shape index (κ1) is 14.0. The van der Waals surface area contributed by atoms with E-state index < -0.39 is 0 Å². The normalized spacial score (nSPS) is 11.6. The highest BCUT2D eigenvalue weighted by Gasteiger charge is 2.21. The summed E-state index contributed by atoms with van der Waals surface area (Å²) in [4.78, 5) is 14.0. The van der Waals surface area contributed by atoms with Crippen molar-refractivity contribution in [1.82, 2.24) is 10.2 Å². The van der Waals surface area contributed by atoms with Gasteiger partial charge in [0, 0.05) is 22.7 Å². The van der Waals surface area contributed by atoms with Crippen molar-refractivity contribution >= 4 is 17.5 Å². The molecule has 0 aliphatic carbocycles. The minimum Gasteiger partial charge on any atom is -0.346 e. The van der Waals surface area contributed by atoms with E-state index in [0.29, 0.717) is 10.6 Å². The van der Waals surface area contributed by atoms with Gasteiger partial charge in [-0.2, -0.15) is 0 Å². The summed E-state index contributed by atoms with van der Waals surface area (Å²) in [5, 5.41) is 3.56. The van der Waals surface area contributed by atoms with Crippen LogP contribution < -0.4 is 5.32 Å². The van der Waals surface area contributed by atoms with Gasteiger partial charge in [0.25, 0.3) is 5.91 Å². The highest BCUT2D eigenvalue weighted by atomic mass is 35.5. The fourth-order valence-corrected chi connectivity index (χ4v) is 2.03. The Balaban J connectivity index is 2.72. The van der Waals surface area contributed by atoms with Gasteiger partial charge < -0.3 is 10.2 Å². The van der Waals surface area contributed by atoms with Gasteiger partial charge >= 0.3 is 0 Å². The van der Waals surface area contributed by atoms with Crippen LogP contribution >= 0.6 is 11.6 Å². The van der Waals surface area contributed by atoms with E-state index >= 15 is 0 Å². The second kappa shape index (κ2) is 5.52. The van der Waals surface area contributed by atoms with E-state index in [2.05, 4.69) is 5.32 Å². The predicted octanol–water partition coefficient (Wildman–Crippen LogP) is 2.41. The quantitative estimate of drug-likeness (QED) is 0.895. The molecule has 17 heavy (non-hydrogen) atoms. The summed E-state index contributed by atoms with van der Waals surface area (Å²) in [6.45, 7) is 4.77. The van der Waals surface area contributed by atoms with Gasteiger partial charge in [0.15, 0.2) is 0 Å². The van der Waals surface area contributed by atoms with Gasteiger partial charge in [-0.3, -0.25) is 4.79 Å². The van der Waals surface area contributed by atoms with Crippen molar-refractivity contribution in [3.63, 3.8) is 0 Å². The smallest absolute Gasteiger partial charge is 0.251 e. The number of amides is 1. The molecule has 0 bridgehead atoms. The minimum atomic E-state index is -0.275. The molecule has 0 heterocycles. The molecule has 0 spiro atoms. The van der Waals surface area contributed by atoms with E-state index in [1.54, 1.807) is 24.3 Å². The van der Waals surface area contributed by atoms with Crippen LogP contribution in [0.1, 0.15) is 24.2 Å².